The van der Waals surface area contributed by atoms with E-state index in [1.165, 1.54) is 0 Å². The Kier molecular flexibility index (Phi) is 5.35. The number of nitrogens with one attached hydrogen (secondary N) is 1. The van der Waals surface area contributed by atoms with E-state index in [1.54, 1.807) is 6.07 Å². The van der Waals surface area contributed by atoms with Crippen molar-refractivity contribution in [1.29, 1.82) is 0 Å². The van der Waals surface area contributed by atoms with Gasteiger partial charge >= 0.3 is 0 Å². The molecular formula is C21H28N4O3. The second kappa shape index (κ2) is 7.91. The molecule has 150 valence electrons. The number of rotatable bonds is 4. The fourth-order valence-electron chi connectivity index (χ4n) is 4.25. The average molecular weight is 384 g/mol. The van der Waals surface area contributed by atoms with Gasteiger partial charge in [0.2, 0.25) is 5.95 Å². The molecule has 1 aliphatic carbocycles. The summed E-state index contributed by atoms with van der Waals surface area (Å²) in [7, 11) is 0. The zero-order valence-corrected chi connectivity index (χ0v) is 16.6. The van der Waals surface area contributed by atoms with Crippen molar-refractivity contribution in [2.75, 3.05) is 24.6 Å². The van der Waals surface area contributed by atoms with Gasteiger partial charge in [-0.05, 0) is 57.9 Å². The predicted octanol–water partition coefficient (Wildman–Crippen LogP) is 2.70. The topological polar surface area (TPSA) is 91.5 Å². The molecule has 7 nitrogen and oxygen atoms in total. The Morgan fingerprint density at radius 3 is 2.79 bits per heavy atom. The van der Waals surface area contributed by atoms with Crippen molar-refractivity contribution in [3.8, 4) is 0 Å². The Morgan fingerprint density at radius 1 is 1.32 bits per heavy atom. The number of amides is 1. The van der Waals surface area contributed by atoms with Crippen LogP contribution in [-0.4, -0.2) is 40.7 Å². The first-order valence-electron chi connectivity index (χ1n) is 10.1. The summed E-state index contributed by atoms with van der Waals surface area (Å²) < 4.78 is 5.49. The number of anilines is 1. The molecule has 0 bridgehead atoms. The van der Waals surface area contributed by atoms with Crippen LogP contribution >= 0.6 is 0 Å². The minimum Gasteiger partial charge on any atom is -0.466 e. The number of aliphatic hydroxyl groups excluding tert-OH is 1. The lowest BCUT2D eigenvalue weighted by molar-refractivity contribution is 0.0931. The van der Waals surface area contributed by atoms with Gasteiger partial charge in [0.15, 0.2) is 0 Å². The zero-order chi connectivity index (χ0) is 19.7. The van der Waals surface area contributed by atoms with Gasteiger partial charge in [-0.2, -0.15) is 0 Å². The highest BCUT2D eigenvalue weighted by molar-refractivity contribution is 5.95. The second-order valence-corrected chi connectivity index (χ2v) is 7.93. The summed E-state index contributed by atoms with van der Waals surface area (Å²) in [5.41, 5.74) is 2.64. The molecule has 3 heterocycles. The first-order valence-corrected chi connectivity index (χ1v) is 10.1. The summed E-state index contributed by atoms with van der Waals surface area (Å²) in [6, 6.07) is 1.71. The number of carbonyl (C=O) groups excluding carboxylic acids is 1. The Balaban J connectivity index is 1.49. The van der Waals surface area contributed by atoms with Crippen LogP contribution in [0.1, 0.15) is 64.9 Å². The number of aryl methyl sites for hydroxylation is 3. The normalized spacial score (nSPS) is 20.1. The quantitative estimate of drug-likeness (QED) is 0.842. The molecule has 1 saturated heterocycles. The van der Waals surface area contributed by atoms with Gasteiger partial charge in [0.25, 0.3) is 5.91 Å². The van der Waals surface area contributed by atoms with Crippen LogP contribution in [0.15, 0.2) is 16.7 Å². The van der Waals surface area contributed by atoms with E-state index in [4.69, 9.17) is 9.40 Å². The van der Waals surface area contributed by atoms with E-state index in [0.717, 1.165) is 68.2 Å². The summed E-state index contributed by atoms with van der Waals surface area (Å²) in [5, 5.41) is 12.5. The number of aliphatic hydroxyl groups is 1. The third kappa shape index (κ3) is 3.76. The number of hydrogen-bond acceptors (Lipinski definition) is 6. The van der Waals surface area contributed by atoms with E-state index in [9.17, 15) is 9.90 Å². The monoisotopic (exact) mass is 384 g/mol. The van der Waals surface area contributed by atoms with Gasteiger partial charge in [0, 0.05) is 31.5 Å². The number of hydrogen-bond donors (Lipinski definition) is 2. The van der Waals surface area contributed by atoms with Crippen molar-refractivity contribution in [1.82, 2.24) is 15.3 Å². The molecule has 0 spiro atoms. The SMILES string of the molecule is Cc1cc(C(=O)NC2CCCc3nc(N4CCC(CO)CC4)ncc32)c(C)o1. The largest absolute Gasteiger partial charge is 0.466 e. The molecule has 1 aliphatic heterocycles. The van der Waals surface area contributed by atoms with E-state index >= 15 is 0 Å². The molecular weight excluding hydrogens is 356 g/mol. The molecule has 1 amide bonds. The molecule has 1 fully saturated rings. The van der Waals surface area contributed by atoms with Crippen LogP contribution in [0.25, 0.3) is 0 Å². The van der Waals surface area contributed by atoms with Crippen molar-refractivity contribution >= 4 is 11.9 Å². The second-order valence-electron chi connectivity index (χ2n) is 7.93. The van der Waals surface area contributed by atoms with Crippen molar-refractivity contribution < 1.29 is 14.3 Å². The molecule has 1 atom stereocenters. The average Bonchev–Trinajstić information content (AvgIpc) is 3.06. The van der Waals surface area contributed by atoms with Gasteiger partial charge in [-0.25, -0.2) is 9.97 Å². The van der Waals surface area contributed by atoms with Gasteiger partial charge in [-0.15, -0.1) is 0 Å². The summed E-state index contributed by atoms with van der Waals surface area (Å²) in [5.74, 6) is 2.43. The predicted molar refractivity (Wildman–Crippen MR) is 105 cm³/mol. The van der Waals surface area contributed by atoms with Crippen LogP contribution in [0.5, 0.6) is 0 Å². The molecule has 4 rings (SSSR count). The maximum absolute atomic E-state index is 12.7. The standard InChI is InChI=1S/C21H28N4O3/c1-13-10-16(14(2)28-13)20(27)23-18-4-3-5-19-17(18)11-22-21(24-19)25-8-6-15(12-26)7-9-25/h10-11,15,18,26H,3-9,12H2,1-2H3,(H,23,27). The Morgan fingerprint density at radius 2 is 2.11 bits per heavy atom. The van der Waals surface area contributed by atoms with Gasteiger partial charge in [-0.3, -0.25) is 4.79 Å². The van der Waals surface area contributed by atoms with Crippen LogP contribution in [0.4, 0.5) is 5.95 Å². The summed E-state index contributed by atoms with van der Waals surface area (Å²) in [4.78, 5) is 24.3. The highest BCUT2D eigenvalue weighted by Crippen LogP contribution is 2.30. The molecule has 28 heavy (non-hydrogen) atoms. The van der Waals surface area contributed by atoms with E-state index in [1.807, 2.05) is 20.0 Å². The van der Waals surface area contributed by atoms with Gasteiger partial charge in [-0.1, -0.05) is 0 Å². The molecule has 0 radical (unpaired) electrons. The number of furan rings is 1. The van der Waals surface area contributed by atoms with Crippen LogP contribution in [0.3, 0.4) is 0 Å². The minimum absolute atomic E-state index is 0.0694. The molecule has 0 saturated carbocycles. The maximum atomic E-state index is 12.7. The maximum Gasteiger partial charge on any atom is 0.255 e. The molecule has 7 heteroatoms. The zero-order valence-electron chi connectivity index (χ0n) is 16.6. The number of fused-ring (bicyclic) bond motifs is 1. The first-order chi connectivity index (χ1) is 13.5. The fourth-order valence-corrected chi connectivity index (χ4v) is 4.25. The van der Waals surface area contributed by atoms with Crippen LogP contribution in [0, 0.1) is 19.8 Å². The van der Waals surface area contributed by atoms with Gasteiger partial charge in [0.05, 0.1) is 17.3 Å². The third-order valence-corrected chi connectivity index (χ3v) is 5.92. The van der Waals surface area contributed by atoms with Crippen LogP contribution in [-0.2, 0) is 6.42 Å². The Bertz CT molecular complexity index is 855. The minimum atomic E-state index is -0.109. The molecule has 2 N–H and O–H groups in total. The van der Waals surface area contributed by atoms with Gasteiger partial charge < -0.3 is 19.7 Å². The van der Waals surface area contributed by atoms with E-state index < -0.39 is 0 Å². The lowest BCUT2D eigenvalue weighted by Crippen LogP contribution is -2.36. The highest BCUT2D eigenvalue weighted by atomic mass is 16.3. The van der Waals surface area contributed by atoms with E-state index in [0.29, 0.717) is 17.2 Å². The smallest absolute Gasteiger partial charge is 0.255 e. The molecule has 2 aliphatic rings. The highest BCUT2D eigenvalue weighted by Gasteiger charge is 2.27. The number of piperidine rings is 1. The number of nitrogens with zero attached hydrogens (tertiary/aromatic N) is 3. The first kappa shape index (κ1) is 18.9. The van der Waals surface area contributed by atoms with Crippen LogP contribution in [0.2, 0.25) is 0 Å². The Labute approximate surface area is 165 Å². The fraction of sp³-hybridized carbons (Fsp3) is 0.571. The summed E-state index contributed by atoms with van der Waals surface area (Å²) in [6.07, 6.45) is 6.61. The Hall–Kier alpha value is -2.41. The van der Waals surface area contributed by atoms with E-state index in [2.05, 4.69) is 15.2 Å². The van der Waals surface area contributed by atoms with Crippen molar-refractivity contribution in [3.05, 3.63) is 40.6 Å². The lowest BCUT2D eigenvalue weighted by atomic mass is 9.92. The van der Waals surface area contributed by atoms with Crippen molar-refractivity contribution in [3.63, 3.8) is 0 Å². The molecule has 1 unspecified atom stereocenters. The summed E-state index contributed by atoms with van der Waals surface area (Å²) in [6.45, 7) is 5.67. The van der Waals surface area contributed by atoms with Gasteiger partial charge in [0.1, 0.15) is 11.5 Å². The molecule has 0 aromatic carbocycles. The lowest BCUT2D eigenvalue weighted by Gasteiger charge is -2.32. The van der Waals surface area contributed by atoms with Crippen molar-refractivity contribution in [2.24, 2.45) is 5.92 Å². The summed E-state index contributed by atoms with van der Waals surface area (Å²) >= 11 is 0. The number of aromatic nitrogens is 2. The third-order valence-electron chi connectivity index (χ3n) is 5.92. The van der Waals surface area contributed by atoms with Crippen molar-refractivity contribution in [2.45, 2.75) is 52.0 Å². The number of carbonyl (C=O) groups is 1. The molecule has 2 aromatic heterocycles. The van der Waals surface area contributed by atoms with E-state index in [-0.39, 0.29) is 18.6 Å². The molecule has 2 aromatic rings. The van der Waals surface area contributed by atoms with Crippen LogP contribution < -0.4 is 10.2 Å².